The van der Waals surface area contributed by atoms with E-state index < -0.39 is 52.3 Å². The van der Waals surface area contributed by atoms with Gasteiger partial charge in [0.1, 0.15) is 23.5 Å². The number of esters is 1. The van der Waals surface area contributed by atoms with Gasteiger partial charge < -0.3 is 33.7 Å². The van der Waals surface area contributed by atoms with E-state index in [-0.39, 0.29) is 60.3 Å². The summed E-state index contributed by atoms with van der Waals surface area (Å²) < 4.78 is 45.5. The van der Waals surface area contributed by atoms with Gasteiger partial charge in [-0.05, 0) is 182 Å². The Balaban J connectivity index is 0.833. The molecule has 19 heteroatoms. The van der Waals surface area contributed by atoms with E-state index >= 15 is 14.0 Å². The van der Waals surface area contributed by atoms with E-state index in [4.69, 9.17) is 14.5 Å². The molecule has 88 heavy (non-hydrogen) atoms. The summed E-state index contributed by atoms with van der Waals surface area (Å²) in [4.78, 5) is 74.5. The van der Waals surface area contributed by atoms with Crippen LogP contribution in [0.3, 0.4) is 0 Å². The summed E-state index contributed by atoms with van der Waals surface area (Å²) in [5, 5.41) is 5.90. The number of halogens is 1. The van der Waals surface area contributed by atoms with Crippen molar-refractivity contribution in [2.45, 2.75) is 199 Å². The number of anilines is 1. The average Bonchev–Trinajstić information content (AvgIpc) is 1.78. The van der Waals surface area contributed by atoms with Crippen molar-refractivity contribution in [2.75, 3.05) is 77.5 Å². The van der Waals surface area contributed by atoms with Crippen LogP contribution in [0.4, 0.5) is 10.1 Å². The highest BCUT2D eigenvalue weighted by Crippen LogP contribution is 2.52. The van der Waals surface area contributed by atoms with Crippen LogP contribution in [-0.2, 0) is 66.1 Å². The van der Waals surface area contributed by atoms with Gasteiger partial charge >= 0.3 is 5.97 Å². The second-order valence-corrected chi connectivity index (χ2v) is 31.6. The zero-order valence-corrected chi connectivity index (χ0v) is 54.2. The van der Waals surface area contributed by atoms with Crippen molar-refractivity contribution in [3.05, 3.63) is 71.0 Å². The molecule has 2 aliphatic carbocycles. The molecule has 2 aromatic carbocycles. The lowest BCUT2D eigenvalue weighted by Gasteiger charge is -2.39. The molecule has 9 aliphatic rings. The molecule has 1 spiro atoms. The van der Waals surface area contributed by atoms with Gasteiger partial charge in [0.15, 0.2) is 6.04 Å². The van der Waals surface area contributed by atoms with Crippen LogP contribution in [0.1, 0.15) is 154 Å². The monoisotopic (exact) mass is 1230 g/mol. The van der Waals surface area contributed by atoms with Crippen LogP contribution in [-0.4, -0.2) is 175 Å². The number of alkyl halides is 1. The number of piperazine rings is 1. The largest absolute Gasteiger partial charge is 0.597 e. The van der Waals surface area contributed by atoms with E-state index in [1.54, 1.807) is 7.11 Å². The molecular formula is C69H95FN10O7S. The molecule has 2 N–H and O–H groups in total. The summed E-state index contributed by atoms with van der Waals surface area (Å²) in [7, 11) is 1.73. The number of likely N-dealkylation sites (tertiary alicyclic amines) is 2. The molecule has 8 fully saturated rings. The number of hydrogen-bond donors (Lipinski definition) is 2. The summed E-state index contributed by atoms with van der Waals surface area (Å²) in [6, 6.07) is 12.5. The maximum absolute atomic E-state index is 15.5. The SMILES string of the molecule is CCn1c(-c2cc(N3CCN4CCC[C@@H]4C3)cnc2[C@H](C)OC)c2c3cc(ccc31)-c1cc(CF)cc(c1)C[C@H](NC(=O)[C@H](C1CCCC1)N1CC[C@]3(CCN(C(=O)[C@H]4[C@@H](C5CC5)N4[S+]([O-])C(C)(C)C)C3)C1)C(=O)N1CCC[C@H](N1)C(=O)OCC(C)(C)C2. The first-order valence-electron chi connectivity index (χ1n) is 33.4. The number of ether oxygens (including phenoxy) is 2. The molecule has 4 aromatic rings. The minimum atomic E-state index is -1.27. The van der Waals surface area contributed by atoms with Crippen LogP contribution >= 0.6 is 0 Å². The Kier molecular flexibility index (Phi) is 17.2. The number of carbonyl (C=O) groups is 4. The zero-order chi connectivity index (χ0) is 61.6. The highest BCUT2D eigenvalue weighted by molar-refractivity contribution is 7.90. The maximum Gasteiger partial charge on any atom is 0.324 e. The second kappa shape index (κ2) is 24.5. The Bertz CT molecular complexity index is 3310. The van der Waals surface area contributed by atoms with Crippen molar-refractivity contribution in [3.63, 3.8) is 0 Å². The summed E-state index contributed by atoms with van der Waals surface area (Å²) in [5.41, 5.74) is 11.6. The number of benzene rings is 2. The van der Waals surface area contributed by atoms with Crippen LogP contribution < -0.4 is 15.6 Å². The number of fused-ring (bicyclic) bond motifs is 7. The Labute approximate surface area is 523 Å². The van der Waals surface area contributed by atoms with Crippen LogP contribution in [0.15, 0.2) is 48.7 Å². The molecule has 7 aliphatic heterocycles. The van der Waals surface area contributed by atoms with E-state index in [2.05, 4.69) is 88.0 Å². The lowest BCUT2D eigenvalue weighted by molar-refractivity contribution is -0.155. The quantitative estimate of drug-likeness (QED) is 0.0740. The van der Waals surface area contributed by atoms with Gasteiger partial charge in [-0.15, -0.1) is 4.31 Å². The summed E-state index contributed by atoms with van der Waals surface area (Å²) >= 11 is -1.27. The number of rotatable bonds is 13. The van der Waals surface area contributed by atoms with E-state index in [1.807, 2.05) is 48.3 Å². The van der Waals surface area contributed by atoms with Gasteiger partial charge in [0.2, 0.25) is 11.8 Å². The first-order valence-corrected chi connectivity index (χ1v) is 34.5. The van der Waals surface area contributed by atoms with Gasteiger partial charge in [0.05, 0.1) is 48.1 Å². The first kappa shape index (κ1) is 61.7. The number of pyridine rings is 1. The van der Waals surface area contributed by atoms with E-state index in [0.717, 1.165) is 128 Å². The highest BCUT2D eigenvalue weighted by Gasteiger charge is 2.68. The smallest absolute Gasteiger partial charge is 0.324 e. The minimum Gasteiger partial charge on any atom is -0.597 e. The van der Waals surface area contributed by atoms with Gasteiger partial charge in [0, 0.05) is 111 Å². The third kappa shape index (κ3) is 12.0. The normalized spacial score (nSPS) is 29.1. The predicted molar refractivity (Wildman–Crippen MR) is 341 cm³/mol. The number of aryl methyl sites for hydroxylation is 1. The Morgan fingerprint density at radius 1 is 0.932 bits per heavy atom. The molecular weight excluding hydrogens is 1130 g/mol. The number of hydrazine groups is 1. The standard InChI is InChI=1S/C69H95FN10O7S/c1-9-78-57-21-20-48-34-52(57)54(61(78)53-35-51(38-71-58(53)43(2)86-8)75-29-28-74-24-12-16-50(74)39-75)36-68(6,7)42-87-66(84)55-17-13-25-79(73-55)64(82)56(33-44-30-45(37-70)32-49(48)31-44)72-63(81)60(46-14-10-11-15-46)76-26-22-69(40-76)23-27-77(41-69)65(83)62-59(47-18-19-47)80(62)88(85)67(3,4)5/h20-21,30-32,34-35,38,43,46-47,50,55-56,59-60,62,73H,9-19,22-29,33,36-37,39-42H2,1-8H3,(H,72,81)/t43-,50+,55-,56-,59+,60-,62+,69-,80?,88?/m0/s1. The molecule has 6 bridgehead atoms. The molecule has 9 heterocycles. The number of amides is 3. The van der Waals surface area contributed by atoms with Crippen molar-refractivity contribution in [1.82, 2.24) is 44.3 Å². The fraction of sp³-hybridized carbons (Fsp3) is 0.667. The van der Waals surface area contributed by atoms with Crippen LogP contribution in [0.2, 0.25) is 0 Å². The number of methoxy groups -OCH3 is 1. The highest BCUT2D eigenvalue weighted by atomic mass is 32.2. The van der Waals surface area contributed by atoms with Crippen LogP contribution in [0.5, 0.6) is 0 Å². The second-order valence-electron chi connectivity index (χ2n) is 29.5. The lowest BCUT2D eigenvalue weighted by atomic mass is 9.84. The number of hydrogen-bond acceptors (Lipinski definition) is 13. The molecule has 2 saturated carbocycles. The van der Waals surface area contributed by atoms with Gasteiger partial charge in [-0.2, -0.15) is 0 Å². The summed E-state index contributed by atoms with van der Waals surface area (Å²) in [5.74, 6) is -0.395. The Hall–Kier alpha value is -5.15. The molecule has 2 unspecified atom stereocenters. The summed E-state index contributed by atoms with van der Waals surface area (Å²) in [6.07, 6.45) is 13.5. The van der Waals surface area contributed by atoms with Crippen molar-refractivity contribution < 1.29 is 37.6 Å². The first-order chi connectivity index (χ1) is 42.2. The molecule has 6 saturated heterocycles. The van der Waals surface area contributed by atoms with Gasteiger partial charge in [-0.3, -0.25) is 39.0 Å². The molecule has 2 aromatic heterocycles. The average molecular weight is 1230 g/mol. The lowest BCUT2D eigenvalue weighted by Crippen LogP contribution is -2.62. The molecule has 3 amide bonds. The third-order valence-corrected chi connectivity index (χ3v) is 23.4. The van der Waals surface area contributed by atoms with E-state index in [9.17, 15) is 14.1 Å². The number of nitrogens with zero attached hydrogens (tertiary/aromatic N) is 8. The topological polar surface area (TPSA) is 171 Å². The van der Waals surface area contributed by atoms with Crippen molar-refractivity contribution in [3.8, 4) is 22.4 Å². The molecule has 17 nitrogen and oxygen atoms in total. The van der Waals surface area contributed by atoms with Crippen molar-refractivity contribution in [1.29, 1.82) is 0 Å². The maximum atomic E-state index is 15.5. The molecule has 476 valence electrons. The molecule has 10 atom stereocenters. The van der Waals surface area contributed by atoms with Crippen LogP contribution in [0.25, 0.3) is 33.3 Å². The predicted octanol–water partition coefficient (Wildman–Crippen LogP) is 8.91. The number of aromatic nitrogens is 2. The molecule has 0 radical (unpaired) electrons. The Morgan fingerprint density at radius 3 is 2.47 bits per heavy atom. The number of nitrogens with one attached hydrogen (secondary N) is 2. The van der Waals surface area contributed by atoms with Crippen LogP contribution in [0, 0.1) is 22.7 Å². The van der Waals surface area contributed by atoms with Crippen molar-refractivity contribution in [2.24, 2.45) is 22.7 Å². The van der Waals surface area contributed by atoms with Gasteiger partial charge in [-0.1, -0.05) is 44.9 Å². The fourth-order valence-corrected chi connectivity index (χ4v) is 18.2. The summed E-state index contributed by atoms with van der Waals surface area (Å²) in [6.45, 7) is 21.5. The van der Waals surface area contributed by atoms with E-state index in [1.165, 1.54) is 17.9 Å². The van der Waals surface area contributed by atoms with Gasteiger partial charge in [0.25, 0.3) is 5.91 Å². The minimum absolute atomic E-state index is 0.0452. The van der Waals surface area contributed by atoms with E-state index in [0.29, 0.717) is 81.6 Å². The van der Waals surface area contributed by atoms with Gasteiger partial charge in [-0.25, -0.2) is 9.82 Å². The van der Waals surface area contributed by atoms with Crippen molar-refractivity contribution >= 4 is 51.6 Å². The molecule has 13 rings (SSSR count). The Morgan fingerprint density at radius 2 is 1.72 bits per heavy atom. The number of carbonyl (C=O) groups excluding carboxylic acids is 4. The fourth-order valence-electron chi connectivity index (χ4n) is 16.6. The number of cyclic esters (lactones) is 1. The third-order valence-electron chi connectivity index (χ3n) is 21.5. The zero-order valence-electron chi connectivity index (χ0n) is 53.4.